The molecule has 28 heavy (non-hydrogen) atoms. The lowest BCUT2D eigenvalue weighted by atomic mass is 10.3. The van der Waals surface area contributed by atoms with Gasteiger partial charge < -0.3 is 0 Å². The summed E-state index contributed by atoms with van der Waals surface area (Å²) in [6, 6.07) is 9.10. The van der Waals surface area contributed by atoms with E-state index in [1.165, 1.54) is 41.2 Å². The van der Waals surface area contributed by atoms with Gasteiger partial charge in [-0.05, 0) is 24.3 Å². The highest BCUT2D eigenvalue weighted by molar-refractivity contribution is 7.22. The summed E-state index contributed by atoms with van der Waals surface area (Å²) in [6.45, 7) is 0. The number of carbonyl (C=O) groups excluding carboxylic acids is 1. The molecule has 0 bridgehead atoms. The minimum absolute atomic E-state index is 0.0578. The maximum Gasteiger partial charge on any atom is 0.277 e. The van der Waals surface area contributed by atoms with E-state index >= 15 is 0 Å². The van der Waals surface area contributed by atoms with Gasteiger partial charge in [-0.2, -0.15) is 5.10 Å². The highest BCUT2D eigenvalue weighted by atomic mass is 32.1. The van der Waals surface area contributed by atoms with Crippen LogP contribution in [0.1, 0.15) is 10.5 Å². The predicted molar refractivity (Wildman–Crippen MR) is 97.7 cm³/mol. The number of hydrogen-bond acceptors (Lipinski definition) is 6. The van der Waals surface area contributed by atoms with E-state index in [4.69, 9.17) is 0 Å². The van der Waals surface area contributed by atoms with Crippen molar-refractivity contribution in [1.29, 1.82) is 0 Å². The Labute approximate surface area is 159 Å². The number of aromatic nitrogens is 3. The largest absolute Gasteiger partial charge is 0.296 e. The van der Waals surface area contributed by atoms with Crippen LogP contribution in [0, 0.1) is 21.7 Å². The van der Waals surface area contributed by atoms with E-state index in [2.05, 4.69) is 15.4 Å². The Kier molecular flexibility index (Phi) is 4.28. The zero-order chi connectivity index (χ0) is 19.8. The van der Waals surface area contributed by atoms with Gasteiger partial charge in [0.05, 0.1) is 20.8 Å². The molecule has 1 amide bonds. The van der Waals surface area contributed by atoms with Gasteiger partial charge in [-0.1, -0.05) is 11.3 Å². The topological polar surface area (TPSA) is 103 Å². The van der Waals surface area contributed by atoms with Crippen LogP contribution in [0.3, 0.4) is 0 Å². The lowest BCUT2D eigenvalue weighted by molar-refractivity contribution is -0.384. The molecule has 8 nitrogen and oxygen atoms in total. The minimum atomic E-state index is -1.02. The third kappa shape index (κ3) is 3.30. The Bertz CT molecular complexity index is 1180. The number of rotatable bonds is 4. The van der Waals surface area contributed by atoms with Crippen molar-refractivity contribution < 1.29 is 18.5 Å². The molecule has 0 aliphatic carbocycles. The average molecular weight is 401 g/mol. The number of nitrogens with one attached hydrogen (secondary N) is 1. The van der Waals surface area contributed by atoms with Crippen LogP contribution in [0.25, 0.3) is 15.9 Å². The second-order valence-electron chi connectivity index (χ2n) is 5.63. The third-order valence-corrected chi connectivity index (χ3v) is 4.73. The molecule has 0 spiro atoms. The maximum atomic E-state index is 13.3. The standard InChI is InChI=1S/C17H9F2N5O3S/c18-11-7-14-15(8-12(11)19)28-17(20-14)21-16(25)13-5-6-23(22-13)9-1-3-10(4-2-9)24(26)27/h1-8H,(H,20,21,25). The van der Waals surface area contributed by atoms with Gasteiger partial charge in [0.25, 0.3) is 11.6 Å². The molecule has 4 aromatic rings. The van der Waals surface area contributed by atoms with Gasteiger partial charge in [0.2, 0.25) is 0 Å². The van der Waals surface area contributed by atoms with Crippen LogP contribution in [0.15, 0.2) is 48.7 Å². The summed E-state index contributed by atoms with van der Waals surface area (Å²) in [5, 5.41) is 17.5. The minimum Gasteiger partial charge on any atom is -0.296 e. The summed E-state index contributed by atoms with van der Waals surface area (Å²) in [6.07, 6.45) is 1.53. The van der Waals surface area contributed by atoms with Crippen molar-refractivity contribution in [2.45, 2.75) is 0 Å². The Hall–Kier alpha value is -3.73. The molecule has 2 heterocycles. The Morgan fingerprint density at radius 2 is 1.86 bits per heavy atom. The van der Waals surface area contributed by atoms with Crippen LogP contribution in [-0.4, -0.2) is 25.6 Å². The zero-order valence-electron chi connectivity index (χ0n) is 13.8. The van der Waals surface area contributed by atoms with Crippen molar-refractivity contribution in [1.82, 2.24) is 14.8 Å². The molecule has 1 N–H and O–H groups in total. The van der Waals surface area contributed by atoms with Gasteiger partial charge in [-0.3, -0.25) is 20.2 Å². The lowest BCUT2D eigenvalue weighted by Gasteiger charge is -2.01. The van der Waals surface area contributed by atoms with E-state index < -0.39 is 22.5 Å². The summed E-state index contributed by atoms with van der Waals surface area (Å²) in [5.74, 6) is -2.56. The van der Waals surface area contributed by atoms with E-state index in [1.807, 2.05) is 0 Å². The molecular formula is C17H9F2N5O3S. The van der Waals surface area contributed by atoms with Crippen molar-refractivity contribution in [2.75, 3.05) is 5.32 Å². The summed E-state index contributed by atoms with van der Waals surface area (Å²) < 4.78 is 28.3. The number of non-ortho nitro benzene ring substituents is 1. The van der Waals surface area contributed by atoms with Crippen molar-refractivity contribution in [2.24, 2.45) is 0 Å². The van der Waals surface area contributed by atoms with E-state index in [9.17, 15) is 23.7 Å². The lowest BCUT2D eigenvalue weighted by Crippen LogP contribution is -2.13. The molecule has 140 valence electrons. The number of halogens is 2. The van der Waals surface area contributed by atoms with E-state index in [0.717, 1.165) is 23.5 Å². The number of nitro groups is 1. The van der Waals surface area contributed by atoms with E-state index in [0.29, 0.717) is 10.4 Å². The molecule has 2 aromatic heterocycles. The van der Waals surface area contributed by atoms with Crippen LogP contribution >= 0.6 is 11.3 Å². The quantitative estimate of drug-likeness (QED) is 0.412. The molecule has 0 saturated carbocycles. The maximum absolute atomic E-state index is 13.3. The number of hydrogen-bond donors (Lipinski definition) is 1. The van der Waals surface area contributed by atoms with Crippen molar-refractivity contribution in [3.05, 3.63) is 76.1 Å². The zero-order valence-corrected chi connectivity index (χ0v) is 14.6. The Balaban J connectivity index is 1.53. The first-order valence-corrected chi connectivity index (χ1v) is 8.60. The normalized spacial score (nSPS) is 10.9. The van der Waals surface area contributed by atoms with Crippen LogP contribution in [-0.2, 0) is 0 Å². The SMILES string of the molecule is O=C(Nc1nc2cc(F)c(F)cc2s1)c1ccn(-c2ccc([N+](=O)[O-])cc2)n1. The second kappa shape index (κ2) is 6.78. The third-order valence-electron chi connectivity index (χ3n) is 3.80. The highest BCUT2D eigenvalue weighted by Crippen LogP contribution is 2.28. The number of amides is 1. The first-order chi connectivity index (χ1) is 13.4. The predicted octanol–water partition coefficient (Wildman–Crippen LogP) is 3.92. The van der Waals surface area contributed by atoms with Crippen molar-refractivity contribution in [3.63, 3.8) is 0 Å². The molecule has 0 atom stereocenters. The highest BCUT2D eigenvalue weighted by Gasteiger charge is 2.15. The van der Waals surface area contributed by atoms with Gasteiger partial charge >= 0.3 is 0 Å². The molecule has 0 aliphatic heterocycles. The smallest absolute Gasteiger partial charge is 0.277 e. The van der Waals surface area contributed by atoms with Crippen LogP contribution in [0.4, 0.5) is 19.6 Å². The van der Waals surface area contributed by atoms with E-state index in [-0.39, 0.29) is 22.0 Å². The number of nitro benzene ring substituents is 1. The van der Waals surface area contributed by atoms with Crippen LogP contribution in [0.5, 0.6) is 0 Å². The second-order valence-corrected chi connectivity index (χ2v) is 6.66. The molecule has 0 aliphatic rings. The van der Waals surface area contributed by atoms with E-state index in [1.54, 1.807) is 0 Å². The van der Waals surface area contributed by atoms with Gasteiger partial charge in [-0.15, -0.1) is 0 Å². The monoisotopic (exact) mass is 401 g/mol. The van der Waals surface area contributed by atoms with Crippen LogP contribution < -0.4 is 5.32 Å². The summed E-state index contributed by atoms with van der Waals surface area (Å²) in [4.78, 5) is 26.6. The fourth-order valence-corrected chi connectivity index (χ4v) is 3.32. The van der Waals surface area contributed by atoms with Gasteiger partial charge in [-0.25, -0.2) is 18.4 Å². The van der Waals surface area contributed by atoms with Gasteiger partial charge in [0.15, 0.2) is 22.5 Å². The summed E-state index contributed by atoms with van der Waals surface area (Å²) in [5.41, 5.74) is 0.791. The number of thiazole rings is 1. The molecule has 0 saturated heterocycles. The molecule has 0 radical (unpaired) electrons. The molecule has 2 aromatic carbocycles. The average Bonchev–Trinajstić information content (AvgIpc) is 3.29. The Morgan fingerprint density at radius 1 is 1.14 bits per heavy atom. The number of carbonyl (C=O) groups is 1. The van der Waals surface area contributed by atoms with Gasteiger partial charge in [0, 0.05) is 24.4 Å². The number of anilines is 1. The molecule has 4 rings (SSSR count). The van der Waals surface area contributed by atoms with Crippen LogP contribution in [0.2, 0.25) is 0 Å². The molecule has 0 fully saturated rings. The number of nitrogens with zero attached hydrogens (tertiary/aromatic N) is 4. The summed E-state index contributed by atoms with van der Waals surface area (Å²) >= 11 is 1.00. The van der Waals surface area contributed by atoms with Crippen molar-refractivity contribution >= 4 is 38.3 Å². The molecule has 0 unspecified atom stereocenters. The molecular weight excluding hydrogens is 392 g/mol. The van der Waals surface area contributed by atoms with Gasteiger partial charge in [0.1, 0.15) is 0 Å². The number of benzene rings is 2. The fraction of sp³-hybridized carbons (Fsp3) is 0. The fourth-order valence-electron chi connectivity index (χ4n) is 2.45. The number of fused-ring (bicyclic) bond motifs is 1. The first-order valence-electron chi connectivity index (χ1n) is 7.78. The molecule has 11 heteroatoms. The van der Waals surface area contributed by atoms with Crippen molar-refractivity contribution in [3.8, 4) is 5.69 Å². The first kappa shape index (κ1) is 17.7. The summed E-state index contributed by atoms with van der Waals surface area (Å²) in [7, 11) is 0. The Morgan fingerprint density at radius 3 is 2.57 bits per heavy atom.